The molecule has 1 aliphatic heterocycles. The summed E-state index contributed by atoms with van der Waals surface area (Å²) >= 11 is 1.67. The topological polar surface area (TPSA) is 39.7 Å². The largest absolute Gasteiger partial charge is 0.347 e. The summed E-state index contributed by atoms with van der Waals surface area (Å²) in [7, 11) is 3.65. The van der Waals surface area contributed by atoms with E-state index < -0.39 is 0 Å². The summed E-state index contributed by atoms with van der Waals surface area (Å²) in [6.07, 6.45) is 1.84. The summed E-state index contributed by atoms with van der Waals surface area (Å²) in [5.41, 5.74) is 1.06. The number of thiazole rings is 1. The highest BCUT2D eigenvalue weighted by atomic mass is 32.1. The zero-order chi connectivity index (χ0) is 16.2. The number of amides is 1. The fourth-order valence-corrected chi connectivity index (χ4v) is 3.63. The van der Waals surface area contributed by atoms with Crippen molar-refractivity contribution in [3.63, 3.8) is 0 Å². The molecule has 0 spiro atoms. The maximum absolute atomic E-state index is 12.7. The molecule has 23 heavy (non-hydrogen) atoms. The molecule has 1 fully saturated rings. The van der Waals surface area contributed by atoms with Crippen LogP contribution in [0.15, 0.2) is 41.9 Å². The maximum Gasteiger partial charge on any atom is 0.244 e. The summed E-state index contributed by atoms with van der Waals surface area (Å²) in [4.78, 5) is 23.4. The lowest BCUT2D eigenvalue weighted by Crippen LogP contribution is -2.51. The second-order valence-corrected chi connectivity index (χ2v) is 6.76. The van der Waals surface area contributed by atoms with Gasteiger partial charge in [0.2, 0.25) is 5.91 Å². The first-order chi connectivity index (χ1) is 11.2. The number of piperazine rings is 1. The van der Waals surface area contributed by atoms with Gasteiger partial charge in [-0.25, -0.2) is 4.98 Å². The molecule has 1 aromatic heterocycles. The Morgan fingerprint density at radius 2 is 1.87 bits per heavy atom. The van der Waals surface area contributed by atoms with Gasteiger partial charge in [0, 0.05) is 51.9 Å². The molecule has 5 nitrogen and oxygen atoms in total. The molecule has 1 aromatic carbocycles. The van der Waals surface area contributed by atoms with Crippen molar-refractivity contribution in [1.82, 2.24) is 14.8 Å². The molecule has 1 amide bonds. The standard InChI is InChI=1S/C17H22N4OS/c1-19(2)16(22)15(14-6-4-3-5-7-14)20-9-11-21(12-10-20)17-18-8-13-23-17/h3-8,13,15H,9-12H2,1-2H3/t15-/m0/s1. The number of benzene rings is 1. The number of rotatable bonds is 4. The van der Waals surface area contributed by atoms with E-state index in [2.05, 4.69) is 14.8 Å². The van der Waals surface area contributed by atoms with Crippen LogP contribution in [-0.4, -0.2) is 61.0 Å². The van der Waals surface area contributed by atoms with Crippen LogP contribution >= 0.6 is 11.3 Å². The van der Waals surface area contributed by atoms with Gasteiger partial charge in [0.05, 0.1) is 0 Å². The molecule has 0 bridgehead atoms. The second kappa shape index (κ2) is 7.10. The predicted molar refractivity (Wildman–Crippen MR) is 93.8 cm³/mol. The number of nitrogens with zero attached hydrogens (tertiary/aromatic N) is 4. The SMILES string of the molecule is CN(C)C(=O)[C@H](c1ccccc1)N1CCN(c2nccs2)CC1. The van der Waals surface area contributed by atoms with Gasteiger partial charge in [-0.15, -0.1) is 11.3 Å². The van der Waals surface area contributed by atoms with Crippen LogP contribution < -0.4 is 4.90 Å². The van der Waals surface area contributed by atoms with Gasteiger partial charge in [-0.1, -0.05) is 30.3 Å². The highest BCUT2D eigenvalue weighted by Gasteiger charge is 2.31. The van der Waals surface area contributed by atoms with Crippen LogP contribution in [0.3, 0.4) is 0 Å². The summed E-state index contributed by atoms with van der Waals surface area (Å²) in [6, 6.07) is 9.86. The molecule has 122 valence electrons. The zero-order valence-electron chi connectivity index (χ0n) is 13.6. The van der Waals surface area contributed by atoms with Gasteiger partial charge in [0.15, 0.2) is 5.13 Å². The third-order valence-electron chi connectivity index (χ3n) is 4.16. The zero-order valence-corrected chi connectivity index (χ0v) is 14.4. The summed E-state index contributed by atoms with van der Waals surface area (Å²) in [6.45, 7) is 3.52. The van der Waals surface area contributed by atoms with Crippen LogP contribution in [0.5, 0.6) is 0 Å². The first kappa shape index (κ1) is 16.0. The monoisotopic (exact) mass is 330 g/mol. The third-order valence-corrected chi connectivity index (χ3v) is 4.99. The Kier molecular flexibility index (Phi) is 4.93. The molecule has 0 unspecified atom stereocenters. The lowest BCUT2D eigenvalue weighted by atomic mass is 10.0. The quantitative estimate of drug-likeness (QED) is 0.861. The van der Waals surface area contributed by atoms with Crippen LogP contribution in [0, 0.1) is 0 Å². The normalized spacial score (nSPS) is 17.0. The molecule has 6 heteroatoms. The van der Waals surface area contributed by atoms with Gasteiger partial charge in [0.25, 0.3) is 0 Å². The van der Waals surface area contributed by atoms with Crippen molar-refractivity contribution in [2.75, 3.05) is 45.2 Å². The highest BCUT2D eigenvalue weighted by molar-refractivity contribution is 7.13. The van der Waals surface area contributed by atoms with Gasteiger partial charge >= 0.3 is 0 Å². The molecular weight excluding hydrogens is 308 g/mol. The minimum Gasteiger partial charge on any atom is -0.347 e. The fraction of sp³-hybridized carbons (Fsp3) is 0.412. The summed E-state index contributed by atoms with van der Waals surface area (Å²) < 4.78 is 0. The highest BCUT2D eigenvalue weighted by Crippen LogP contribution is 2.26. The Labute approximate surface area is 141 Å². The predicted octanol–water partition coefficient (Wildman–Crippen LogP) is 2.09. The Bertz CT molecular complexity index is 621. The van der Waals surface area contributed by atoms with Crippen LogP contribution in [0.4, 0.5) is 5.13 Å². The molecule has 0 saturated carbocycles. The van der Waals surface area contributed by atoms with Crippen LogP contribution in [0.1, 0.15) is 11.6 Å². The number of hydrogen-bond acceptors (Lipinski definition) is 5. The smallest absolute Gasteiger partial charge is 0.244 e. The number of carbonyl (C=O) groups is 1. The van der Waals surface area contributed by atoms with Gasteiger partial charge in [0.1, 0.15) is 6.04 Å². The van der Waals surface area contributed by atoms with E-state index in [1.54, 1.807) is 16.2 Å². The molecule has 2 aromatic rings. The molecule has 3 rings (SSSR count). The Morgan fingerprint density at radius 3 is 2.43 bits per heavy atom. The number of likely N-dealkylation sites (N-methyl/N-ethyl adjacent to an activating group) is 1. The molecule has 0 N–H and O–H groups in total. The minimum atomic E-state index is -0.204. The van der Waals surface area contributed by atoms with E-state index in [0.717, 1.165) is 36.9 Å². The molecule has 2 heterocycles. The lowest BCUT2D eigenvalue weighted by Gasteiger charge is -2.39. The van der Waals surface area contributed by atoms with Crippen molar-refractivity contribution >= 4 is 22.4 Å². The van der Waals surface area contributed by atoms with Crippen LogP contribution in [0.25, 0.3) is 0 Å². The van der Waals surface area contributed by atoms with Crippen molar-refractivity contribution < 1.29 is 4.79 Å². The van der Waals surface area contributed by atoms with E-state index in [1.807, 2.05) is 56.0 Å². The van der Waals surface area contributed by atoms with E-state index in [4.69, 9.17) is 0 Å². The molecule has 1 saturated heterocycles. The van der Waals surface area contributed by atoms with Crippen molar-refractivity contribution in [2.24, 2.45) is 0 Å². The van der Waals surface area contributed by atoms with Crippen molar-refractivity contribution in [2.45, 2.75) is 6.04 Å². The Balaban J connectivity index is 1.75. The van der Waals surface area contributed by atoms with Crippen molar-refractivity contribution in [3.05, 3.63) is 47.5 Å². The Hall–Kier alpha value is -1.92. The lowest BCUT2D eigenvalue weighted by molar-refractivity contribution is -0.134. The fourth-order valence-electron chi connectivity index (χ4n) is 2.93. The van der Waals surface area contributed by atoms with Gasteiger partial charge in [-0.2, -0.15) is 0 Å². The van der Waals surface area contributed by atoms with Gasteiger partial charge in [-0.05, 0) is 5.56 Å². The van der Waals surface area contributed by atoms with E-state index >= 15 is 0 Å². The van der Waals surface area contributed by atoms with E-state index in [0.29, 0.717) is 0 Å². The van der Waals surface area contributed by atoms with Crippen molar-refractivity contribution in [1.29, 1.82) is 0 Å². The van der Waals surface area contributed by atoms with E-state index in [1.165, 1.54) is 0 Å². The molecular formula is C17H22N4OS. The second-order valence-electron chi connectivity index (χ2n) is 5.88. The van der Waals surface area contributed by atoms with E-state index in [-0.39, 0.29) is 11.9 Å². The molecule has 1 atom stereocenters. The number of hydrogen-bond donors (Lipinski definition) is 0. The molecule has 1 aliphatic rings. The molecule has 0 aliphatic carbocycles. The first-order valence-corrected chi connectivity index (χ1v) is 8.69. The Morgan fingerprint density at radius 1 is 1.17 bits per heavy atom. The third kappa shape index (κ3) is 3.54. The average molecular weight is 330 g/mol. The maximum atomic E-state index is 12.7. The number of carbonyl (C=O) groups excluding carboxylic acids is 1. The van der Waals surface area contributed by atoms with Gasteiger partial charge in [-0.3, -0.25) is 9.69 Å². The molecule has 0 radical (unpaired) electrons. The van der Waals surface area contributed by atoms with Crippen molar-refractivity contribution in [3.8, 4) is 0 Å². The van der Waals surface area contributed by atoms with Gasteiger partial charge < -0.3 is 9.80 Å². The number of anilines is 1. The first-order valence-electron chi connectivity index (χ1n) is 7.81. The summed E-state index contributed by atoms with van der Waals surface area (Å²) in [5, 5.41) is 3.07. The van der Waals surface area contributed by atoms with Crippen LogP contribution in [-0.2, 0) is 4.79 Å². The number of aromatic nitrogens is 1. The van der Waals surface area contributed by atoms with E-state index in [9.17, 15) is 4.79 Å². The average Bonchev–Trinajstić information content (AvgIpc) is 3.11. The minimum absolute atomic E-state index is 0.138. The van der Waals surface area contributed by atoms with Crippen LogP contribution in [0.2, 0.25) is 0 Å². The summed E-state index contributed by atoms with van der Waals surface area (Å²) in [5.74, 6) is 0.138.